The van der Waals surface area contributed by atoms with Gasteiger partial charge in [0.05, 0.1) is 10.8 Å². The van der Waals surface area contributed by atoms with E-state index in [-0.39, 0.29) is 16.8 Å². The average Bonchev–Trinajstić information content (AvgIpc) is 2.82. The summed E-state index contributed by atoms with van der Waals surface area (Å²) in [7, 11) is -1.04. The summed E-state index contributed by atoms with van der Waals surface area (Å²) in [5.74, 6) is -0.00478. The van der Waals surface area contributed by atoms with Crippen LogP contribution < -0.4 is 0 Å². The highest BCUT2D eigenvalue weighted by molar-refractivity contribution is 7.86. The lowest BCUT2D eigenvalue weighted by Gasteiger charge is -2.08. The lowest BCUT2D eigenvalue weighted by molar-refractivity contribution is 0.102. The molecule has 1 aliphatic rings. The summed E-state index contributed by atoms with van der Waals surface area (Å²) in [4.78, 5) is 12.0. The molecule has 1 aliphatic carbocycles. The van der Waals surface area contributed by atoms with Gasteiger partial charge in [0.2, 0.25) is 0 Å². The molecule has 2 nitrogen and oxygen atoms in total. The highest BCUT2D eigenvalue weighted by atomic mass is 35.5. The quantitative estimate of drug-likeness (QED) is 0.788. The standard InChI is InChI=1S/C13H15ClO2S/c14-12-8-4-3-7-11(12)13(15)9-17(16)10-5-1-2-6-10/h3-4,7-8,10H,1-2,5-6,9H2. The molecule has 1 saturated carbocycles. The van der Waals surface area contributed by atoms with Crippen LogP contribution >= 0.6 is 11.6 Å². The lowest BCUT2D eigenvalue weighted by atomic mass is 10.1. The van der Waals surface area contributed by atoms with Crippen molar-refractivity contribution in [3.63, 3.8) is 0 Å². The zero-order valence-electron chi connectivity index (χ0n) is 9.52. The first kappa shape index (κ1) is 12.8. The van der Waals surface area contributed by atoms with Crippen LogP contribution in [0.1, 0.15) is 36.0 Å². The van der Waals surface area contributed by atoms with Crippen LogP contribution in [0.2, 0.25) is 5.02 Å². The molecule has 0 bridgehead atoms. The first-order chi connectivity index (χ1) is 8.18. The molecule has 0 spiro atoms. The van der Waals surface area contributed by atoms with E-state index in [1.54, 1.807) is 24.3 Å². The topological polar surface area (TPSA) is 34.1 Å². The second-order valence-corrected chi connectivity index (χ2v) is 6.46. The van der Waals surface area contributed by atoms with E-state index in [0.29, 0.717) is 10.6 Å². The highest BCUT2D eigenvalue weighted by Gasteiger charge is 2.24. The normalized spacial score (nSPS) is 18.2. The van der Waals surface area contributed by atoms with Crippen LogP contribution in [0.15, 0.2) is 24.3 Å². The van der Waals surface area contributed by atoms with E-state index < -0.39 is 10.8 Å². The van der Waals surface area contributed by atoms with Crippen LogP contribution in [-0.4, -0.2) is 21.0 Å². The van der Waals surface area contributed by atoms with Gasteiger partial charge >= 0.3 is 0 Å². The Balaban J connectivity index is 2.02. The Labute approximate surface area is 109 Å². The zero-order valence-corrected chi connectivity index (χ0v) is 11.1. The third-order valence-electron chi connectivity index (χ3n) is 3.12. The smallest absolute Gasteiger partial charge is 0.176 e. The number of Topliss-reactive ketones (excluding diaryl/α,β-unsaturated/α-hetero) is 1. The molecule has 2 rings (SSSR count). The van der Waals surface area contributed by atoms with Gasteiger partial charge < -0.3 is 0 Å². The van der Waals surface area contributed by atoms with E-state index in [1.807, 2.05) is 0 Å². The van der Waals surface area contributed by atoms with E-state index >= 15 is 0 Å². The number of hydrogen-bond acceptors (Lipinski definition) is 2. The molecule has 17 heavy (non-hydrogen) atoms. The number of halogens is 1. The van der Waals surface area contributed by atoms with Crippen LogP contribution in [0.4, 0.5) is 0 Å². The van der Waals surface area contributed by atoms with Crippen molar-refractivity contribution in [2.45, 2.75) is 30.9 Å². The second-order valence-electron chi connectivity index (χ2n) is 4.33. The molecule has 0 aliphatic heterocycles. The Morgan fingerprint density at radius 2 is 1.94 bits per heavy atom. The fourth-order valence-electron chi connectivity index (χ4n) is 2.16. The Kier molecular flexibility index (Phi) is 4.35. The number of benzene rings is 1. The van der Waals surface area contributed by atoms with E-state index in [9.17, 15) is 9.00 Å². The number of hydrogen-bond donors (Lipinski definition) is 0. The van der Waals surface area contributed by atoms with Crippen molar-refractivity contribution < 1.29 is 9.00 Å². The molecule has 0 radical (unpaired) electrons. The molecule has 92 valence electrons. The fraction of sp³-hybridized carbons (Fsp3) is 0.462. The highest BCUT2D eigenvalue weighted by Crippen LogP contribution is 2.24. The predicted octanol–water partition coefficient (Wildman–Crippen LogP) is 3.21. The van der Waals surface area contributed by atoms with Gasteiger partial charge in [0.15, 0.2) is 5.78 Å². The van der Waals surface area contributed by atoms with Crippen LogP contribution in [0.5, 0.6) is 0 Å². The largest absolute Gasteiger partial charge is 0.293 e. The Bertz CT molecular complexity index is 439. The summed E-state index contributed by atoms with van der Waals surface area (Å²) >= 11 is 5.94. The predicted molar refractivity (Wildman–Crippen MR) is 71.0 cm³/mol. The van der Waals surface area contributed by atoms with Crippen LogP contribution in [0, 0.1) is 0 Å². The summed E-state index contributed by atoms with van der Waals surface area (Å²) in [5, 5.41) is 0.655. The molecular formula is C13H15ClO2S. The van der Waals surface area contributed by atoms with Crippen LogP contribution in [-0.2, 0) is 10.8 Å². The van der Waals surface area contributed by atoms with Crippen molar-refractivity contribution in [3.8, 4) is 0 Å². The van der Waals surface area contributed by atoms with Crippen molar-refractivity contribution in [1.29, 1.82) is 0 Å². The zero-order chi connectivity index (χ0) is 12.3. The summed E-state index contributed by atoms with van der Waals surface area (Å²) in [6, 6.07) is 6.94. The van der Waals surface area contributed by atoms with Gasteiger partial charge in [-0.1, -0.05) is 36.6 Å². The summed E-state index contributed by atoms with van der Waals surface area (Å²) in [5.41, 5.74) is 0.487. The van der Waals surface area contributed by atoms with Crippen LogP contribution in [0.3, 0.4) is 0 Å². The van der Waals surface area contributed by atoms with E-state index in [0.717, 1.165) is 25.7 Å². The second kappa shape index (κ2) is 5.78. The first-order valence-electron chi connectivity index (χ1n) is 5.83. The molecule has 0 saturated heterocycles. The van der Waals surface area contributed by atoms with Gasteiger partial charge in [-0.3, -0.25) is 9.00 Å². The maximum Gasteiger partial charge on any atom is 0.176 e. The van der Waals surface area contributed by atoms with Crippen molar-refractivity contribution in [3.05, 3.63) is 34.9 Å². The van der Waals surface area contributed by atoms with Crippen LogP contribution in [0.25, 0.3) is 0 Å². The van der Waals surface area contributed by atoms with Gasteiger partial charge in [-0.05, 0) is 25.0 Å². The van der Waals surface area contributed by atoms with E-state index in [2.05, 4.69) is 0 Å². The minimum absolute atomic E-state index is 0.106. The molecule has 1 aromatic rings. The third-order valence-corrected chi connectivity index (χ3v) is 5.21. The first-order valence-corrected chi connectivity index (χ1v) is 7.59. The fourth-order valence-corrected chi connectivity index (χ4v) is 3.91. The molecule has 1 unspecified atom stereocenters. The maximum atomic E-state index is 12.0. The Hall–Kier alpha value is -0.670. The molecule has 0 amide bonds. The van der Waals surface area contributed by atoms with Crippen molar-refractivity contribution in [2.75, 3.05) is 5.75 Å². The van der Waals surface area contributed by atoms with Gasteiger partial charge in [0, 0.05) is 21.6 Å². The molecule has 0 aromatic heterocycles. The van der Waals surface area contributed by atoms with E-state index in [4.69, 9.17) is 11.6 Å². The molecule has 4 heteroatoms. The molecule has 1 aromatic carbocycles. The molecule has 0 N–H and O–H groups in total. The molecule has 1 fully saturated rings. The van der Waals surface area contributed by atoms with Gasteiger partial charge in [-0.25, -0.2) is 0 Å². The van der Waals surface area contributed by atoms with Gasteiger partial charge in [-0.15, -0.1) is 0 Å². The number of carbonyl (C=O) groups is 1. The van der Waals surface area contributed by atoms with Crippen molar-refractivity contribution >= 4 is 28.2 Å². The Morgan fingerprint density at radius 1 is 1.29 bits per heavy atom. The van der Waals surface area contributed by atoms with E-state index in [1.165, 1.54) is 0 Å². The lowest BCUT2D eigenvalue weighted by Crippen LogP contribution is -2.20. The number of carbonyl (C=O) groups excluding carboxylic acids is 1. The number of rotatable bonds is 4. The minimum atomic E-state index is -1.04. The van der Waals surface area contributed by atoms with Gasteiger partial charge in [0.1, 0.15) is 0 Å². The maximum absolute atomic E-state index is 12.0. The Morgan fingerprint density at radius 3 is 2.59 bits per heavy atom. The average molecular weight is 271 g/mol. The van der Waals surface area contributed by atoms with Crippen molar-refractivity contribution in [2.24, 2.45) is 0 Å². The van der Waals surface area contributed by atoms with Gasteiger partial charge in [0.25, 0.3) is 0 Å². The van der Waals surface area contributed by atoms with Crippen molar-refractivity contribution in [1.82, 2.24) is 0 Å². The summed E-state index contributed by atoms with van der Waals surface area (Å²) in [6.07, 6.45) is 4.25. The van der Waals surface area contributed by atoms with Gasteiger partial charge in [-0.2, -0.15) is 0 Å². The summed E-state index contributed by atoms with van der Waals surface area (Å²) in [6.45, 7) is 0. The third kappa shape index (κ3) is 3.17. The molecule has 0 heterocycles. The molecule has 1 atom stereocenters. The number of ketones is 1. The monoisotopic (exact) mass is 270 g/mol. The minimum Gasteiger partial charge on any atom is -0.293 e. The summed E-state index contributed by atoms with van der Waals surface area (Å²) < 4.78 is 12.0. The molecular weight excluding hydrogens is 256 g/mol. The SMILES string of the molecule is O=C(CS(=O)C1CCCC1)c1ccccc1Cl.